The molecule has 6 heteroatoms. The standard InChI is InChI=1S/C18H28N4O2/c1-12-9-19-18(22(12)13(2)11-23)16-5-7-21(8-6-16)10-17-14(3)20-24-15(17)4/h9,13,16,23H,5-8,10-11H2,1-4H3/t13-/m1/s1. The normalized spacial score (nSPS) is 18.2. The van der Waals surface area contributed by atoms with Crippen molar-refractivity contribution in [1.82, 2.24) is 19.6 Å². The van der Waals surface area contributed by atoms with Gasteiger partial charge < -0.3 is 14.2 Å². The second-order valence-electron chi connectivity index (χ2n) is 7.01. The van der Waals surface area contributed by atoms with E-state index in [4.69, 9.17) is 4.52 Å². The third-order valence-corrected chi connectivity index (χ3v) is 5.23. The Bertz CT molecular complexity index is 664. The molecule has 3 heterocycles. The van der Waals surface area contributed by atoms with Gasteiger partial charge in [-0.05, 0) is 53.6 Å². The molecule has 1 aliphatic rings. The zero-order valence-electron chi connectivity index (χ0n) is 15.1. The molecular formula is C18H28N4O2. The van der Waals surface area contributed by atoms with Gasteiger partial charge in [-0.1, -0.05) is 5.16 Å². The molecule has 2 aromatic heterocycles. The Morgan fingerprint density at radius 3 is 2.58 bits per heavy atom. The van der Waals surface area contributed by atoms with Crippen LogP contribution >= 0.6 is 0 Å². The molecule has 132 valence electrons. The molecule has 0 radical (unpaired) electrons. The second kappa shape index (κ2) is 7.07. The van der Waals surface area contributed by atoms with Crippen LogP contribution in [0.2, 0.25) is 0 Å². The summed E-state index contributed by atoms with van der Waals surface area (Å²) < 4.78 is 7.47. The van der Waals surface area contributed by atoms with E-state index in [-0.39, 0.29) is 12.6 Å². The lowest BCUT2D eigenvalue weighted by molar-refractivity contribution is 0.192. The Morgan fingerprint density at radius 2 is 2.00 bits per heavy atom. The Morgan fingerprint density at radius 1 is 1.29 bits per heavy atom. The van der Waals surface area contributed by atoms with Gasteiger partial charge >= 0.3 is 0 Å². The molecule has 0 saturated carbocycles. The average molecular weight is 332 g/mol. The number of aliphatic hydroxyl groups is 1. The largest absolute Gasteiger partial charge is 0.394 e. The first-order valence-corrected chi connectivity index (χ1v) is 8.80. The summed E-state index contributed by atoms with van der Waals surface area (Å²) in [4.78, 5) is 7.12. The van der Waals surface area contributed by atoms with Crippen LogP contribution in [0.1, 0.15) is 60.3 Å². The molecule has 0 unspecified atom stereocenters. The first-order valence-electron chi connectivity index (χ1n) is 8.80. The van der Waals surface area contributed by atoms with Gasteiger partial charge in [-0.3, -0.25) is 4.90 Å². The maximum atomic E-state index is 9.52. The van der Waals surface area contributed by atoms with Crippen molar-refractivity contribution in [2.24, 2.45) is 0 Å². The van der Waals surface area contributed by atoms with Crippen molar-refractivity contribution in [1.29, 1.82) is 0 Å². The van der Waals surface area contributed by atoms with Crippen molar-refractivity contribution < 1.29 is 9.63 Å². The number of hydrogen-bond acceptors (Lipinski definition) is 5. The minimum absolute atomic E-state index is 0.0860. The average Bonchev–Trinajstić information content (AvgIpc) is 3.12. The molecule has 0 amide bonds. The van der Waals surface area contributed by atoms with Gasteiger partial charge in [-0.25, -0.2) is 4.98 Å². The topological polar surface area (TPSA) is 67.3 Å². The summed E-state index contributed by atoms with van der Waals surface area (Å²) in [7, 11) is 0. The lowest BCUT2D eigenvalue weighted by atomic mass is 9.95. The highest BCUT2D eigenvalue weighted by Gasteiger charge is 2.27. The highest BCUT2D eigenvalue weighted by molar-refractivity contribution is 5.20. The van der Waals surface area contributed by atoms with Crippen LogP contribution in [0.5, 0.6) is 0 Å². The van der Waals surface area contributed by atoms with Gasteiger partial charge in [0.1, 0.15) is 11.6 Å². The van der Waals surface area contributed by atoms with Gasteiger partial charge in [0.05, 0.1) is 18.3 Å². The molecule has 1 aliphatic heterocycles. The predicted molar refractivity (Wildman–Crippen MR) is 92.0 cm³/mol. The number of hydrogen-bond donors (Lipinski definition) is 1. The Kier molecular flexibility index (Phi) is 5.06. The summed E-state index contributed by atoms with van der Waals surface area (Å²) in [6, 6.07) is 0.0860. The van der Waals surface area contributed by atoms with Gasteiger partial charge in [0, 0.05) is 29.9 Å². The SMILES string of the molecule is Cc1noc(C)c1CN1CCC(c2ncc(C)n2[C@H](C)CO)CC1. The van der Waals surface area contributed by atoms with E-state index in [0.717, 1.165) is 55.4 Å². The quantitative estimate of drug-likeness (QED) is 0.912. The molecule has 1 fully saturated rings. The van der Waals surface area contributed by atoms with E-state index in [1.165, 1.54) is 5.56 Å². The maximum Gasteiger partial charge on any atom is 0.138 e. The molecule has 6 nitrogen and oxygen atoms in total. The molecule has 0 spiro atoms. The summed E-state index contributed by atoms with van der Waals surface area (Å²) in [6.45, 7) is 11.3. The van der Waals surface area contributed by atoms with E-state index in [1.54, 1.807) is 0 Å². The van der Waals surface area contributed by atoms with E-state index in [1.807, 2.05) is 27.0 Å². The molecule has 1 N–H and O–H groups in total. The van der Waals surface area contributed by atoms with Crippen molar-refractivity contribution in [3.63, 3.8) is 0 Å². The van der Waals surface area contributed by atoms with Gasteiger partial charge in [-0.2, -0.15) is 0 Å². The van der Waals surface area contributed by atoms with Crippen LogP contribution < -0.4 is 0 Å². The second-order valence-corrected chi connectivity index (χ2v) is 7.01. The molecule has 0 aliphatic carbocycles. The maximum absolute atomic E-state index is 9.52. The minimum Gasteiger partial charge on any atom is -0.394 e. The number of imidazole rings is 1. The fourth-order valence-corrected chi connectivity index (χ4v) is 3.72. The smallest absolute Gasteiger partial charge is 0.138 e. The fourth-order valence-electron chi connectivity index (χ4n) is 3.72. The van der Waals surface area contributed by atoms with Crippen molar-refractivity contribution >= 4 is 0 Å². The Labute approximate surface area is 143 Å². The molecule has 0 bridgehead atoms. The number of piperidine rings is 1. The first kappa shape index (κ1) is 17.2. The highest BCUT2D eigenvalue weighted by Crippen LogP contribution is 2.30. The molecule has 1 atom stereocenters. The van der Waals surface area contributed by atoms with Crippen LogP contribution in [0.15, 0.2) is 10.7 Å². The first-order chi connectivity index (χ1) is 11.5. The molecule has 1 saturated heterocycles. The Hall–Kier alpha value is -1.66. The van der Waals surface area contributed by atoms with E-state index >= 15 is 0 Å². The lowest BCUT2D eigenvalue weighted by Crippen LogP contribution is -2.34. The van der Waals surface area contributed by atoms with Crippen LogP contribution in [0, 0.1) is 20.8 Å². The predicted octanol–water partition coefficient (Wildman–Crippen LogP) is 2.73. The molecule has 24 heavy (non-hydrogen) atoms. The third kappa shape index (κ3) is 3.26. The van der Waals surface area contributed by atoms with E-state index < -0.39 is 0 Å². The number of rotatable bonds is 5. The summed E-state index contributed by atoms with van der Waals surface area (Å²) in [6.07, 6.45) is 4.12. The van der Waals surface area contributed by atoms with E-state index in [0.29, 0.717) is 5.92 Å². The van der Waals surface area contributed by atoms with Gasteiger partial charge in [0.2, 0.25) is 0 Å². The van der Waals surface area contributed by atoms with E-state index in [9.17, 15) is 5.11 Å². The van der Waals surface area contributed by atoms with Crippen LogP contribution in [0.25, 0.3) is 0 Å². The minimum atomic E-state index is 0.0860. The molecule has 0 aromatic carbocycles. The summed E-state index contributed by atoms with van der Waals surface area (Å²) in [5.74, 6) is 2.53. The zero-order chi connectivity index (χ0) is 17.3. The number of likely N-dealkylation sites (tertiary alicyclic amines) is 1. The lowest BCUT2D eigenvalue weighted by Gasteiger charge is -2.32. The highest BCUT2D eigenvalue weighted by atomic mass is 16.5. The van der Waals surface area contributed by atoms with Crippen LogP contribution in [0.3, 0.4) is 0 Å². The summed E-state index contributed by atoms with van der Waals surface area (Å²) in [5, 5.41) is 13.6. The monoisotopic (exact) mass is 332 g/mol. The summed E-state index contributed by atoms with van der Waals surface area (Å²) in [5.41, 5.74) is 3.35. The molecule has 2 aromatic rings. The summed E-state index contributed by atoms with van der Waals surface area (Å²) >= 11 is 0. The van der Waals surface area contributed by atoms with Crippen LogP contribution in [-0.4, -0.2) is 44.4 Å². The van der Waals surface area contributed by atoms with Gasteiger partial charge in [0.15, 0.2) is 0 Å². The zero-order valence-corrected chi connectivity index (χ0v) is 15.1. The number of aromatic nitrogens is 3. The van der Waals surface area contributed by atoms with Crippen LogP contribution in [-0.2, 0) is 6.54 Å². The van der Waals surface area contributed by atoms with Crippen molar-refractivity contribution in [2.75, 3.05) is 19.7 Å². The van der Waals surface area contributed by atoms with Gasteiger partial charge in [0.25, 0.3) is 0 Å². The Balaban J connectivity index is 1.66. The number of aryl methyl sites for hydroxylation is 3. The van der Waals surface area contributed by atoms with Crippen molar-refractivity contribution in [3.8, 4) is 0 Å². The van der Waals surface area contributed by atoms with Crippen molar-refractivity contribution in [3.05, 3.63) is 34.7 Å². The van der Waals surface area contributed by atoms with Crippen molar-refractivity contribution in [2.45, 2.75) is 59.0 Å². The van der Waals surface area contributed by atoms with Crippen LogP contribution in [0.4, 0.5) is 0 Å². The third-order valence-electron chi connectivity index (χ3n) is 5.23. The van der Waals surface area contributed by atoms with Gasteiger partial charge in [-0.15, -0.1) is 0 Å². The number of nitrogens with zero attached hydrogens (tertiary/aromatic N) is 4. The molecular weight excluding hydrogens is 304 g/mol. The number of aliphatic hydroxyl groups excluding tert-OH is 1. The van der Waals surface area contributed by atoms with E-state index in [2.05, 4.69) is 26.5 Å². The molecule has 3 rings (SSSR count). The fraction of sp³-hybridized carbons (Fsp3) is 0.667.